The Labute approximate surface area is 138 Å². The molecule has 1 aromatic carbocycles. The molecule has 0 unspecified atom stereocenters. The number of piperidine rings is 1. The highest BCUT2D eigenvalue weighted by Crippen LogP contribution is 2.26. The summed E-state index contributed by atoms with van der Waals surface area (Å²) < 4.78 is 5.09. The lowest BCUT2D eigenvalue weighted by Gasteiger charge is -2.35. The number of likely N-dealkylation sites (tertiary alicyclic amines) is 1. The van der Waals surface area contributed by atoms with Crippen molar-refractivity contribution in [2.24, 2.45) is 11.3 Å². The molecule has 0 atom stereocenters. The van der Waals surface area contributed by atoms with Crippen molar-refractivity contribution in [1.29, 1.82) is 0 Å². The van der Waals surface area contributed by atoms with E-state index >= 15 is 0 Å². The van der Waals surface area contributed by atoms with Crippen LogP contribution in [-0.4, -0.2) is 36.9 Å². The molecule has 1 aromatic rings. The molecule has 5 nitrogen and oxygen atoms in total. The van der Waals surface area contributed by atoms with Crippen LogP contribution in [0.1, 0.15) is 33.6 Å². The van der Waals surface area contributed by atoms with E-state index in [-0.39, 0.29) is 11.8 Å². The van der Waals surface area contributed by atoms with Crippen molar-refractivity contribution in [2.75, 3.05) is 25.5 Å². The molecule has 126 valence electrons. The number of benzene rings is 1. The summed E-state index contributed by atoms with van der Waals surface area (Å²) in [4.78, 5) is 27.1. The zero-order valence-electron chi connectivity index (χ0n) is 14.4. The fourth-order valence-corrected chi connectivity index (χ4v) is 2.67. The zero-order chi connectivity index (χ0) is 17.0. The number of hydrogen-bond donors (Lipinski definition) is 1. The number of anilines is 1. The average Bonchev–Trinajstić information content (AvgIpc) is 2.55. The summed E-state index contributed by atoms with van der Waals surface area (Å²) in [6, 6.07) is 7.08. The second kappa shape index (κ2) is 7.02. The number of amides is 2. The first-order valence-electron chi connectivity index (χ1n) is 8.09. The van der Waals surface area contributed by atoms with Crippen LogP contribution in [0, 0.1) is 11.3 Å². The number of carbonyl (C=O) groups is 2. The minimum atomic E-state index is -1.08. The fourth-order valence-electron chi connectivity index (χ4n) is 2.67. The third-order valence-corrected chi connectivity index (χ3v) is 4.52. The number of nitrogens with zero attached hydrogens (tertiary/aromatic N) is 1. The second-order valence-electron chi connectivity index (χ2n) is 6.78. The first-order valence-corrected chi connectivity index (χ1v) is 8.09. The Morgan fingerprint density at radius 3 is 2.26 bits per heavy atom. The van der Waals surface area contributed by atoms with Gasteiger partial charge in [-0.15, -0.1) is 0 Å². The fraction of sp³-hybridized carbons (Fsp3) is 0.556. The Morgan fingerprint density at radius 1 is 1.17 bits per heavy atom. The van der Waals surface area contributed by atoms with Crippen molar-refractivity contribution >= 4 is 17.5 Å². The molecule has 23 heavy (non-hydrogen) atoms. The molecule has 1 saturated heterocycles. The van der Waals surface area contributed by atoms with Gasteiger partial charge in [0.05, 0.1) is 7.11 Å². The first-order chi connectivity index (χ1) is 10.8. The van der Waals surface area contributed by atoms with Crippen molar-refractivity contribution < 1.29 is 14.3 Å². The molecule has 0 radical (unpaired) electrons. The van der Waals surface area contributed by atoms with Gasteiger partial charge in [0.15, 0.2) is 0 Å². The predicted octanol–water partition coefficient (Wildman–Crippen LogP) is 2.92. The Bertz CT molecular complexity index is 558. The number of ether oxygens (including phenoxy) is 1. The van der Waals surface area contributed by atoms with Crippen molar-refractivity contribution in [1.82, 2.24) is 4.90 Å². The van der Waals surface area contributed by atoms with E-state index in [1.54, 1.807) is 45.2 Å². The van der Waals surface area contributed by atoms with Gasteiger partial charge in [0.1, 0.15) is 11.2 Å². The maximum atomic E-state index is 12.7. The monoisotopic (exact) mass is 318 g/mol. The average molecular weight is 318 g/mol. The van der Waals surface area contributed by atoms with Crippen LogP contribution < -0.4 is 10.1 Å². The summed E-state index contributed by atoms with van der Waals surface area (Å²) in [5, 5.41) is 2.82. The van der Waals surface area contributed by atoms with Gasteiger partial charge in [-0.1, -0.05) is 6.92 Å². The Morgan fingerprint density at radius 2 is 1.74 bits per heavy atom. The van der Waals surface area contributed by atoms with E-state index in [9.17, 15) is 9.59 Å². The molecule has 1 fully saturated rings. The zero-order valence-corrected chi connectivity index (χ0v) is 14.4. The van der Waals surface area contributed by atoms with Crippen molar-refractivity contribution in [2.45, 2.75) is 33.6 Å². The highest BCUT2D eigenvalue weighted by atomic mass is 16.5. The third kappa shape index (κ3) is 4.03. The van der Waals surface area contributed by atoms with E-state index in [0.717, 1.165) is 31.7 Å². The number of nitrogens with one attached hydrogen (secondary N) is 1. The lowest BCUT2D eigenvalue weighted by atomic mass is 9.88. The van der Waals surface area contributed by atoms with Gasteiger partial charge in [-0.2, -0.15) is 0 Å². The van der Waals surface area contributed by atoms with E-state index in [2.05, 4.69) is 12.2 Å². The van der Waals surface area contributed by atoms with Crippen LogP contribution in [0.5, 0.6) is 5.75 Å². The predicted molar refractivity (Wildman–Crippen MR) is 90.4 cm³/mol. The maximum absolute atomic E-state index is 12.7. The standard InChI is InChI=1S/C18H26N2O3/c1-13-9-11-20(12-10-13)17(22)18(2,3)16(21)19-14-5-7-15(23-4)8-6-14/h5-8,13H,9-12H2,1-4H3,(H,19,21). The Kier molecular flexibility index (Phi) is 5.29. The van der Waals surface area contributed by atoms with Crippen LogP contribution in [0.25, 0.3) is 0 Å². The normalized spacial score (nSPS) is 16.1. The second-order valence-corrected chi connectivity index (χ2v) is 6.78. The third-order valence-electron chi connectivity index (χ3n) is 4.52. The number of carbonyl (C=O) groups excluding carboxylic acids is 2. The smallest absolute Gasteiger partial charge is 0.239 e. The summed E-state index contributed by atoms with van der Waals surface area (Å²) in [6.07, 6.45) is 2.00. The molecule has 2 amide bonds. The molecule has 0 spiro atoms. The summed E-state index contributed by atoms with van der Waals surface area (Å²) in [7, 11) is 1.59. The molecule has 0 bridgehead atoms. The molecule has 2 rings (SSSR count). The molecule has 1 N–H and O–H groups in total. The van der Waals surface area contributed by atoms with Crippen LogP contribution in [-0.2, 0) is 9.59 Å². The van der Waals surface area contributed by atoms with Gasteiger partial charge in [0.2, 0.25) is 11.8 Å². The molecule has 0 aliphatic carbocycles. The maximum Gasteiger partial charge on any atom is 0.239 e. The molecular weight excluding hydrogens is 292 g/mol. The van der Waals surface area contributed by atoms with E-state index in [1.807, 2.05) is 4.90 Å². The lowest BCUT2D eigenvalue weighted by Crippen LogP contribution is -2.49. The Hall–Kier alpha value is -2.04. The van der Waals surface area contributed by atoms with Crippen LogP contribution in [0.3, 0.4) is 0 Å². The highest BCUT2D eigenvalue weighted by Gasteiger charge is 2.39. The quantitative estimate of drug-likeness (QED) is 0.868. The largest absolute Gasteiger partial charge is 0.497 e. The molecule has 1 heterocycles. The van der Waals surface area contributed by atoms with Crippen molar-refractivity contribution in [3.63, 3.8) is 0 Å². The minimum absolute atomic E-state index is 0.101. The van der Waals surface area contributed by atoms with Gasteiger partial charge in [0.25, 0.3) is 0 Å². The minimum Gasteiger partial charge on any atom is -0.497 e. The van der Waals surface area contributed by atoms with Gasteiger partial charge in [-0.05, 0) is 56.9 Å². The van der Waals surface area contributed by atoms with Gasteiger partial charge < -0.3 is 15.0 Å². The molecule has 5 heteroatoms. The number of methoxy groups -OCH3 is 1. The van der Waals surface area contributed by atoms with Crippen LogP contribution in [0.15, 0.2) is 24.3 Å². The van der Waals surface area contributed by atoms with Gasteiger partial charge in [-0.25, -0.2) is 0 Å². The number of rotatable bonds is 4. The molecule has 0 saturated carbocycles. The van der Waals surface area contributed by atoms with E-state index in [4.69, 9.17) is 4.74 Å². The molecule has 1 aliphatic heterocycles. The van der Waals surface area contributed by atoms with E-state index < -0.39 is 5.41 Å². The first kappa shape index (κ1) is 17.3. The van der Waals surface area contributed by atoms with Crippen LogP contribution in [0.2, 0.25) is 0 Å². The highest BCUT2D eigenvalue weighted by molar-refractivity contribution is 6.09. The summed E-state index contributed by atoms with van der Waals surface area (Å²) in [5.74, 6) is 0.984. The number of hydrogen-bond acceptors (Lipinski definition) is 3. The molecular formula is C18H26N2O3. The lowest BCUT2D eigenvalue weighted by molar-refractivity contribution is -0.147. The topological polar surface area (TPSA) is 58.6 Å². The van der Waals surface area contributed by atoms with Gasteiger partial charge >= 0.3 is 0 Å². The summed E-state index contributed by atoms with van der Waals surface area (Å²) in [5.41, 5.74) is -0.426. The van der Waals surface area contributed by atoms with Crippen LogP contribution in [0.4, 0.5) is 5.69 Å². The summed E-state index contributed by atoms with van der Waals surface area (Å²) in [6.45, 7) is 7.04. The molecule has 1 aliphatic rings. The molecule has 0 aromatic heterocycles. The SMILES string of the molecule is COc1ccc(NC(=O)C(C)(C)C(=O)N2CCC(C)CC2)cc1. The Balaban J connectivity index is 2.02. The van der Waals surface area contributed by atoms with Crippen LogP contribution >= 0.6 is 0 Å². The van der Waals surface area contributed by atoms with E-state index in [1.165, 1.54) is 0 Å². The van der Waals surface area contributed by atoms with Gasteiger partial charge in [0, 0.05) is 18.8 Å². The van der Waals surface area contributed by atoms with Crippen molar-refractivity contribution in [3.8, 4) is 5.75 Å². The summed E-state index contributed by atoms with van der Waals surface area (Å²) >= 11 is 0. The van der Waals surface area contributed by atoms with Gasteiger partial charge in [-0.3, -0.25) is 9.59 Å². The van der Waals surface area contributed by atoms with E-state index in [0.29, 0.717) is 11.6 Å². The van der Waals surface area contributed by atoms with Crippen molar-refractivity contribution in [3.05, 3.63) is 24.3 Å².